The molecule has 3 aromatic rings. The SMILES string of the molecule is NC(=O)NC(CC(=O)NC(Cc1ccccc1)c1ccccc1)c1ccccc1. The Morgan fingerprint density at radius 2 is 1.17 bits per heavy atom. The molecule has 2 atom stereocenters. The van der Waals surface area contributed by atoms with E-state index in [2.05, 4.69) is 10.6 Å². The average molecular weight is 387 g/mol. The van der Waals surface area contributed by atoms with Crippen molar-refractivity contribution in [3.63, 3.8) is 0 Å². The van der Waals surface area contributed by atoms with Crippen molar-refractivity contribution in [3.8, 4) is 0 Å². The molecule has 0 fully saturated rings. The molecule has 148 valence electrons. The summed E-state index contributed by atoms with van der Waals surface area (Å²) in [7, 11) is 0. The van der Waals surface area contributed by atoms with Gasteiger partial charge in [-0.3, -0.25) is 4.79 Å². The number of nitrogens with two attached hydrogens (primary N) is 1. The quantitative estimate of drug-likeness (QED) is 0.548. The molecular weight excluding hydrogens is 362 g/mol. The molecule has 5 heteroatoms. The van der Waals surface area contributed by atoms with Crippen LogP contribution in [0, 0.1) is 0 Å². The minimum atomic E-state index is -0.657. The topological polar surface area (TPSA) is 84.2 Å². The maximum atomic E-state index is 12.9. The third kappa shape index (κ3) is 6.21. The van der Waals surface area contributed by atoms with Gasteiger partial charge in [0.05, 0.1) is 18.5 Å². The number of rotatable bonds is 8. The molecule has 3 amide bonds. The van der Waals surface area contributed by atoms with Crippen LogP contribution in [0.4, 0.5) is 4.79 Å². The molecule has 5 nitrogen and oxygen atoms in total. The van der Waals surface area contributed by atoms with Crippen LogP contribution < -0.4 is 16.4 Å². The number of carbonyl (C=O) groups is 2. The van der Waals surface area contributed by atoms with E-state index in [0.717, 1.165) is 16.7 Å². The standard InChI is InChI=1S/C24H25N3O2/c25-24(29)27-22(20-14-8-3-9-15-20)17-23(28)26-21(19-12-6-2-7-13-19)16-18-10-4-1-5-11-18/h1-15,21-22H,16-17H2,(H,26,28)(H3,25,27,29). The lowest BCUT2D eigenvalue weighted by atomic mass is 9.98. The third-order valence-corrected chi connectivity index (χ3v) is 4.73. The zero-order valence-electron chi connectivity index (χ0n) is 16.1. The third-order valence-electron chi connectivity index (χ3n) is 4.73. The monoisotopic (exact) mass is 387 g/mol. The Bertz CT molecular complexity index is 915. The molecule has 0 heterocycles. The maximum Gasteiger partial charge on any atom is 0.312 e. The summed E-state index contributed by atoms with van der Waals surface area (Å²) >= 11 is 0. The molecule has 0 aromatic heterocycles. The highest BCUT2D eigenvalue weighted by molar-refractivity contribution is 5.79. The molecule has 0 saturated carbocycles. The van der Waals surface area contributed by atoms with Crippen LogP contribution in [0.2, 0.25) is 0 Å². The lowest BCUT2D eigenvalue weighted by Crippen LogP contribution is -2.38. The number of urea groups is 1. The molecule has 0 spiro atoms. The molecule has 0 aliphatic heterocycles. The summed E-state index contributed by atoms with van der Waals surface area (Å²) in [5.41, 5.74) is 8.32. The van der Waals surface area contributed by atoms with Crippen molar-refractivity contribution in [2.24, 2.45) is 5.73 Å². The van der Waals surface area contributed by atoms with Crippen molar-refractivity contribution in [1.29, 1.82) is 0 Å². The van der Waals surface area contributed by atoms with E-state index in [1.807, 2.05) is 91.0 Å². The smallest absolute Gasteiger partial charge is 0.312 e. The van der Waals surface area contributed by atoms with E-state index in [0.29, 0.717) is 6.42 Å². The zero-order chi connectivity index (χ0) is 20.5. The van der Waals surface area contributed by atoms with E-state index in [-0.39, 0.29) is 18.4 Å². The van der Waals surface area contributed by atoms with Crippen molar-refractivity contribution >= 4 is 11.9 Å². The maximum absolute atomic E-state index is 12.9. The van der Waals surface area contributed by atoms with Crippen LogP contribution in [0.3, 0.4) is 0 Å². The van der Waals surface area contributed by atoms with Crippen LogP contribution in [0.15, 0.2) is 91.0 Å². The molecule has 0 bridgehead atoms. The number of hydrogen-bond acceptors (Lipinski definition) is 2. The Hall–Kier alpha value is -3.60. The van der Waals surface area contributed by atoms with Gasteiger partial charge in [-0.15, -0.1) is 0 Å². The lowest BCUT2D eigenvalue weighted by molar-refractivity contribution is -0.122. The van der Waals surface area contributed by atoms with Gasteiger partial charge in [0.25, 0.3) is 0 Å². The Balaban J connectivity index is 1.75. The molecule has 3 aromatic carbocycles. The zero-order valence-corrected chi connectivity index (χ0v) is 16.1. The first-order chi connectivity index (χ1) is 14.1. The Morgan fingerprint density at radius 3 is 1.69 bits per heavy atom. The van der Waals surface area contributed by atoms with Crippen LogP contribution in [0.5, 0.6) is 0 Å². The van der Waals surface area contributed by atoms with Crippen LogP contribution in [0.25, 0.3) is 0 Å². The first kappa shape index (κ1) is 20.1. The van der Waals surface area contributed by atoms with Crippen molar-refractivity contribution in [3.05, 3.63) is 108 Å². The number of hydrogen-bond donors (Lipinski definition) is 3. The van der Waals surface area contributed by atoms with E-state index >= 15 is 0 Å². The fraction of sp³-hybridized carbons (Fsp3) is 0.167. The molecule has 4 N–H and O–H groups in total. The molecule has 0 aliphatic carbocycles. The van der Waals surface area contributed by atoms with Gasteiger partial charge in [0.15, 0.2) is 0 Å². The highest BCUT2D eigenvalue weighted by Crippen LogP contribution is 2.21. The second kappa shape index (κ2) is 10.1. The highest BCUT2D eigenvalue weighted by Gasteiger charge is 2.20. The van der Waals surface area contributed by atoms with Crippen LogP contribution in [-0.4, -0.2) is 11.9 Å². The Morgan fingerprint density at radius 1 is 0.690 bits per heavy atom. The van der Waals surface area contributed by atoms with Gasteiger partial charge in [0.2, 0.25) is 5.91 Å². The minimum Gasteiger partial charge on any atom is -0.352 e. The predicted octanol–water partition coefficient (Wildman–Crippen LogP) is 3.89. The van der Waals surface area contributed by atoms with Crippen LogP contribution in [0.1, 0.15) is 35.2 Å². The number of carbonyl (C=O) groups excluding carboxylic acids is 2. The normalized spacial score (nSPS) is 12.6. The second-order valence-corrected chi connectivity index (χ2v) is 6.90. The van der Waals surface area contributed by atoms with Gasteiger partial charge >= 0.3 is 6.03 Å². The minimum absolute atomic E-state index is 0.102. The highest BCUT2D eigenvalue weighted by atomic mass is 16.2. The van der Waals surface area contributed by atoms with Crippen LogP contribution >= 0.6 is 0 Å². The van der Waals surface area contributed by atoms with E-state index < -0.39 is 12.1 Å². The fourth-order valence-corrected chi connectivity index (χ4v) is 3.34. The number of benzene rings is 3. The Labute approximate surface area is 170 Å². The molecular formula is C24H25N3O2. The first-order valence-corrected chi connectivity index (χ1v) is 9.61. The summed E-state index contributed by atoms with van der Waals surface area (Å²) in [6, 6.07) is 28.0. The first-order valence-electron chi connectivity index (χ1n) is 9.61. The van der Waals surface area contributed by atoms with Crippen molar-refractivity contribution in [2.75, 3.05) is 0 Å². The van der Waals surface area contributed by atoms with Crippen molar-refractivity contribution in [1.82, 2.24) is 10.6 Å². The van der Waals surface area contributed by atoms with E-state index in [1.54, 1.807) is 0 Å². The van der Waals surface area contributed by atoms with Gasteiger partial charge in [-0.1, -0.05) is 91.0 Å². The molecule has 2 unspecified atom stereocenters. The number of amides is 3. The summed E-state index contributed by atoms with van der Waals surface area (Å²) in [6.45, 7) is 0. The van der Waals surface area contributed by atoms with Gasteiger partial charge in [0, 0.05) is 0 Å². The molecule has 29 heavy (non-hydrogen) atoms. The summed E-state index contributed by atoms with van der Waals surface area (Å²) in [4.78, 5) is 24.3. The van der Waals surface area contributed by atoms with Gasteiger partial charge in [-0.25, -0.2) is 4.79 Å². The molecule has 0 aliphatic rings. The molecule has 0 radical (unpaired) electrons. The van der Waals surface area contributed by atoms with Crippen LogP contribution in [-0.2, 0) is 11.2 Å². The summed E-state index contributed by atoms with van der Waals surface area (Å²) in [5.74, 6) is -0.155. The predicted molar refractivity (Wildman–Crippen MR) is 114 cm³/mol. The largest absolute Gasteiger partial charge is 0.352 e. The van der Waals surface area contributed by atoms with Gasteiger partial charge < -0.3 is 16.4 Å². The van der Waals surface area contributed by atoms with Gasteiger partial charge in [0.1, 0.15) is 0 Å². The summed E-state index contributed by atoms with van der Waals surface area (Å²) in [6.07, 6.45) is 0.779. The molecule has 0 saturated heterocycles. The fourth-order valence-electron chi connectivity index (χ4n) is 3.34. The van der Waals surface area contributed by atoms with Crippen molar-refractivity contribution < 1.29 is 9.59 Å². The number of primary amides is 1. The molecule has 3 rings (SSSR count). The summed E-state index contributed by atoms with van der Waals surface area (Å²) in [5, 5.41) is 5.79. The number of nitrogens with one attached hydrogen (secondary N) is 2. The van der Waals surface area contributed by atoms with E-state index in [4.69, 9.17) is 5.73 Å². The van der Waals surface area contributed by atoms with E-state index in [1.165, 1.54) is 0 Å². The average Bonchev–Trinajstić information content (AvgIpc) is 2.74. The lowest BCUT2D eigenvalue weighted by Gasteiger charge is -2.22. The van der Waals surface area contributed by atoms with Crippen molar-refractivity contribution in [2.45, 2.75) is 24.9 Å². The van der Waals surface area contributed by atoms with Gasteiger partial charge in [-0.05, 0) is 23.1 Å². The summed E-state index contributed by atoms with van der Waals surface area (Å²) < 4.78 is 0. The van der Waals surface area contributed by atoms with E-state index in [9.17, 15) is 9.59 Å². The second-order valence-electron chi connectivity index (χ2n) is 6.90. The van der Waals surface area contributed by atoms with Gasteiger partial charge in [-0.2, -0.15) is 0 Å². The Kier molecular flexibility index (Phi) is 7.00.